The Morgan fingerprint density at radius 2 is 1.88 bits per heavy atom. The molecule has 33 heavy (non-hydrogen) atoms. The van der Waals surface area contributed by atoms with Gasteiger partial charge in [-0.1, -0.05) is 20.8 Å². The Bertz CT molecular complexity index is 1140. The zero-order valence-electron chi connectivity index (χ0n) is 18.5. The number of imidazole rings is 1. The van der Waals surface area contributed by atoms with E-state index in [-0.39, 0.29) is 22.6 Å². The summed E-state index contributed by atoms with van der Waals surface area (Å²) < 4.78 is 18.6. The molecule has 3 aromatic rings. The normalized spacial score (nSPS) is 26.8. The Morgan fingerprint density at radius 3 is 2.58 bits per heavy atom. The number of aromatic nitrogens is 6. The summed E-state index contributed by atoms with van der Waals surface area (Å²) in [5, 5.41) is 32.9. The Balaban J connectivity index is 1.44. The molecule has 3 aromatic heterocycles. The predicted octanol–water partition coefficient (Wildman–Crippen LogP) is 1.74. The molecule has 2 aliphatic heterocycles. The van der Waals surface area contributed by atoms with Gasteiger partial charge in [0, 0.05) is 24.7 Å². The van der Waals surface area contributed by atoms with Crippen LogP contribution in [-0.2, 0) is 14.9 Å². The summed E-state index contributed by atoms with van der Waals surface area (Å²) >= 11 is 6.20. The first-order valence-corrected chi connectivity index (χ1v) is 11.2. The average Bonchev–Trinajstić information content (AvgIpc) is 3.48. The summed E-state index contributed by atoms with van der Waals surface area (Å²) in [5.74, 6) is 0.988. The largest absolute Gasteiger partial charge is 0.422 e. The maximum Gasteiger partial charge on any atom is 0.248 e. The minimum Gasteiger partial charge on any atom is -0.422 e. The van der Waals surface area contributed by atoms with Crippen LogP contribution < -0.4 is 5.32 Å². The maximum atomic E-state index is 10.8. The Hall–Kier alpha value is -2.38. The third-order valence-electron chi connectivity index (χ3n) is 5.79. The van der Waals surface area contributed by atoms with Crippen molar-refractivity contribution >= 4 is 28.6 Å². The molecule has 5 heterocycles. The SMILES string of the molecule is CC(C)(C)c1nnc([C@H]2O[C@@H](n3cnc4c(NC5CCOCC5)nc(Cl)nc43)[C@H](O)[C@@H]2O)o1. The van der Waals surface area contributed by atoms with Gasteiger partial charge in [0.1, 0.15) is 12.2 Å². The monoisotopic (exact) mass is 479 g/mol. The minimum absolute atomic E-state index is 0.0233. The molecule has 2 fully saturated rings. The van der Waals surface area contributed by atoms with E-state index in [0.29, 0.717) is 36.1 Å². The molecule has 0 aromatic carbocycles. The highest BCUT2D eigenvalue weighted by Gasteiger charge is 2.48. The number of hydrogen-bond acceptors (Lipinski definition) is 11. The van der Waals surface area contributed by atoms with Crippen molar-refractivity contribution in [1.29, 1.82) is 0 Å². The van der Waals surface area contributed by atoms with Crippen LogP contribution in [0.15, 0.2) is 10.7 Å². The van der Waals surface area contributed by atoms with Crippen LogP contribution in [-0.4, -0.2) is 71.4 Å². The summed E-state index contributed by atoms with van der Waals surface area (Å²) in [7, 11) is 0. The van der Waals surface area contributed by atoms with E-state index >= 15 is 0 Å². The first-order valence-electron chi connectivity index (χ1n) is 10.8. The second-order valence-electron chi connectivity index (χ2n) is 9.32. The zero-order chi connectivity index (χ0) is 23.3. The molecule has 0 spiro atoms. The van der Waals surface area contributed by atoms with Gasteiger partial charge < -0.3 is 29.4 Å². The maximum absolute atomic E-state index is 10.8. The van der Waals surface area contributed by atoms with E-state index in [1.807, 2.05) is 20.8 Å². The van der Waals surface area contributed by atoms with Crippen molar-refractivity contribution in [2.75, 3.05) is 18.5 Å². The number of aliphatic hydroxyl groups is 2. The van der Waals surface area contributed by atoms with Gasteiger partial charge in [0.05, 0.1) is 6.33 Å². The predicted molar refractivity (Wildman–Crippen MR) is 116 cm³/mol. The fourth-order valence-corrected chi connectivity index (χ4v) is 4.12. The summed E-state index contributed by atoms with van der Waals surface area (Å²) in [6.07, 6.45) is -1.45. The molecule has 0 aliphatic carbocycles. The number of ether oxygens (including phenoxy) is 2. The topological polar surface area (TPSA) is 153 Å². The smallest absolute Gasteiger partial charge is 0.248 e. The van der Waals surface area contributed by atoms with E-state index in [4.69, 9.17) is 25.5 Å². The first kappa shape index (κ1) is 22.4. The highest BCUT2D eigenvalue weighted by molar-refractivity contribution is 6.28. The van der Waals surface area contributed by atoms with Gasteiger partial charge in [-0.05, 0) is 24.4 Å². The van der Waals surface area contributed by atoms with E-state index in [0.717, 1.165) is 12.8 Å². The Labute approximate surface area is 194 Å². The summed E-state index contributed by atoms with van der Waals surface area (Å²) in [4.78, 5) is 13.0. The molecule has 0 radical (unpaired) electrons. The van der Waals surface area contributed by atoms with Crippen LogP contribution in [0.3, 0.4) is 0 Å². The number of nitrogens with one attached hydrogen (secondary N) is 1. The van der Waals surface area contributed by atoms with Crippen molar-refractivity contribution in [3.05, 3.63) is 23.4 Å². The lowest BCUT2D eigenvalue weighted by atomic mass is 9.97. The van der Waals surface area contributed by atoms with Gasteiger partial charge in [-0.2, -0.15) is 9.97 Å². The molecule has 2 saturated heterocycles. The van der Waals surface area contributed by atoms with Gasteiger partial charge >= 0.3 is 0 Å². The van der Waals surface area contributed by atoms with Gasteiger partial charge in [-0.15, -0.1) is 10.2 Å². The van der Waals surface area contributed by atoms with Crippen LogP contribution >= 0.6 is 11.6 Å². The molecule has 5 rings (SSSR count). The molecule has 3 N–H and O–H groups in total. The fourth-order valence-electron chi connectivity index (χ4n) is 3.96. The van der Waals surface area contributed by atoms with Crippen molar-refractivity contribution in [2.24, 2.45) is 0 Å². The van der Waals surface area contributed by atoms with Crippen molar-refractivity contribution in [1.82, 2.24) is 29.7 Å². The number of hydrogen-bond donors (Lipinski definition) is 3. The van der Waals surface area contributed by atoms with Gasteiger partial charge in [0.15, 0.2) is 29.3 Å². The van der Waals surface area contributed by atoms with Gasteiger partial charge in [-0.3, -0.25) is 4.57 Å². The van der Waals surface area contributed by atoms with Crippen molar-refractivity contribution < 1.29 is 24.1 Å². The minimum atomic E-state index is -1.29. The van der Waals surface area contributed by atoms with E-state index < -0.39 is 24.5 Å². The summed E-state index contributed by atoms with van der Waals surface area (Å²) in [6, 6.07) is 0.173. The fraction of sp³-hybridized carbons (Fsp3) is 0.650. The van der Waals surface area contributed by atoms with E-state index in [2.05, 4.69) is 30.5 Å². The molecular weight excluding hydrogens is 454 g/mol. The second-order valence-corrected chi connectivity index (χ2v) is 9.66. The van der Waals surface area contributed by atoms with E-state index in [1.165, 1.54) is 10.9 Å². The quantitative estimate of drug-likeness (QED) is 0.468. The summed E-state index contributed by atoms with van der Waals surface area (Å²) in [5.41, 5.74) is 0.476. The second kappa shape index (κ2) is 8.44. The molecule has 0 saturated carbocycles. The highest BCUT2D eigenvalue weighted by atomic mass is 35.5. The van der Waals surface area contributed by atoms with Crippen LogP contribution in [0.4, 0.5) is 5.82 Å². The number of rotatable bonds is 4. The molecule has 4 atom stereocenters. The molecular formula is C20H26ClN7O5. The molecule has 0 amide bonds. The molecule has 0 bridgehead atoms. The number of nitrogens with zero attached hydrogens (tertiary/aromatic N) is 6. The third-order valence-corrected chi connectivity index (χ3v) is 5.96. The molecule has 12 nitrogen and oxygen atoms in total. The van der Waals surface area contributed by atoms with Gasteiger partial charge in [0.25, 0.3) is 0 Å². The third kappa shape index (κ3) is 4.17. The lowest BCUT2D eigenvalue weighted by molar-refractivity contribution is -0.0441. The summed E-state index contributed by atoms with van der Waals surface area (Å²) in [6.45, 7) is 7.13. The standard InChI is InChI=1S/C20H26ClN7O5/c1-20(2,3)18-27-26-16(33-18)13-11(29)12(30)17(32-13)28-8-22-10-14(24-19(21)25-15(10)28)23-9-4-6-31-7-5-9/h8-9,11-13,17,29-30H,4-7H2,1-3H3,(H,23,24,25)/t11-,12+,13-,17+/m0/s1. The highest BCUT2D eigenvalue weighted by Crippen LogP contribution is 2.40. The van der Waals surface area contributed by atoms with Gasteiger partial charge in [-0.25, -0.2) is 4.98 Å². The van der Waals surface area contributed by atoms with Crippen molar-refractivity contribution in [2.45, 2.75) is 69.6 Å². The molecule has 2 aliphatic rings. The van der Waals surface area contributed by atoms with Crippen molar-refractivity contribution in [3.63, 3.8) is 0 Å². The van der Waals surface area contributed by atoms with Crippen LogP contribution in [0.5, 0.6) is 0 Å². The van der Waals surface area contributed by atoms with E-state index in [9.17, 15) is 10.2 Å². The van der Waals surface area contributed by atoms with Crippen LogP contribution in [0, 0.1) is 0 Å². The lowest BCUT2D eigenvalue weighted by Gasteiger charge is -2.23. The molecule has 0 unspecified atom stereocenters. The molecule has 178 valence electrons. The van der Waals surface area contributed by atoms with Crippen LogP contribution in [0.1, 0.15) is 57.7 Å². The number of anilines is 1. The Kier molecular flexibility index (Phi) is 5.73. The lowest BCUT2D eigenvalue weighted by Crippen LogP contribution is -2.29. The average molecular weight is 480 g/mol. The number of aliphatic hydroxyl groups excluding tert-OH is 2. The number of fused-ring (bicyclic) bond motifs is 1. The van der Waals surface area contributed by atoms with E-state index in [1.54, 1.807) is 0 Å². The first-order chi connectivity index (χ1) is 15.7. The Morgan fingerprint density at radius 1 is 1.12 bits per heavy atom. The number of halogens is 1. The van der Waals surface area contributed by atoms with Crippen molar-refractivity contribution in [3.8, 4) is 0 Å². The zero-order valence-corrected chi connectivity index (χ0v) is 19.2. The van der Waals surface area contributed by atoms with Crippen LogP contribution in [0.2, 0.25) is 5.28 Å². The van der Waals surface area contributed by atoms with Crippen LogP contribution in [0.25, 0.3) is 11.2 Å². The molecule has 13 heteroatoms. The van der Waals surface area contributed by atoms with Gasteiger partial charge in [0.2, 0.25) is 17.1 Å².